The van der Waals surface area contributed by atoms with E-state index in [0.29, 0.717) is 19.9 Å². The van der Waals surface area contributed by atoms with Crippen LogP contribution in [0.1, 0.15) is 16.8 Å². The number of methoxy groups -OCH3 is 1. The fourth-order valence-corrected chi connectivity index (χ4v) is 3.20. The largest absolute Gasteiger partial charge is 0.383 e. The Morgan fingerprint density at radius 3 is 2.63 bits per heavy atom. The zero-order valence-electron chi connectivity index (χ0n) is 16.1. The zero-order chi connectivity index (χ0) is 19.2. The third-order valence-corrected chi connectivity index (χ3v) is 4.83. The zero-order valence-corrected chi connectivity index (χ0v) is 16.1. The van der Waals surface area contributed by atoms with Crippen molar-refractivity contribution in [2.75, 3.05) is 32.2 Å². The van der Waals surface area contributed by atoms with Crippen molar-refractivity contribution in [2.45, 2.75) is 27.0 Å². The molecule has 3 aromatic rings. The molecule has 2 aromatic heterocycles. The number of ether oxygens (including phenoxy) is 2. The number of anilines is 1. The van der Waals surface area contributed by atoms with E-state index in [-0.39, 0.29) is 5.82 Å². The highest BCUT2D eigenvalue weighted by Gasteiger charge is 2.14. The van der Waals surface area contributed by atoms with Crippen LogP contribution in [0.4, 0.5) is 10.1 Å². The second-order valence-corrected chi connectivity index (χ2v) is 6.55. The lowest BCUT2D eigenvalue weighted by atomic mass is 10.1. The molecule has 0 fully saturated rings. The summed E-state index contributed by atoms with van der Waals surface area (Å²) >= 11 is 0. The van der Waals surface area contributed by atoms with Crippen molar-refractivity contribution in [1.29, 1.82) is 0 Å². The summed E-state index contributed by atoms with van der Waals surface area (Å²) in [6, 6.07) is 6.63. The Morgan fingerprint density at radius 1 is 1.11 bits per heavy atom. The van der Waals surface area contributed by atoms with Crippen LogP contribution in [0.3, 0.4) is 0 Å². The summed E-state index contributed by atoms with van der Waals surface area (Å²) < 4.78 is 25.9. The van der Waals surface area contributed by atoms with E-state index >= 15 is 0 Å². The maximum atomic E-state index is 13.0. The van der Waals surface area contributed by atoms with Gasteiger partial charge in [-0.1, -0.05) is 12.1 Å². The summed E-state index contributed by atoms with van der Waals surface area (Å²) in [4.78, 5) is 4.40. The van der Waals surface area contributed by atoms with Gasteiger partial charge < -0.3 is 19.4 Å². The Bertz CT molecular complexity index is 891. The van der Waals surface area contributed by atoms with Crippen molar-refractivity contribution in [2.24, 2.45) is 0 Å². The third-order valence-electron chi connectivity index (χ3n) is 4.83. The molecule has 0 unspecified atom stereocenters. The van der Waals surface area contributed by atoms with Gasteiger partial charge in [0.2, 0.25) is 0 Å². The molecule has 0 amide bonds. The summed E-state index contributed by atoms with van der Waals surface area (Å²) in [7, 11) is 1.66. The molecule has 0 bridgehead atoms. The number of aromatic nitrogens is 2. The van der Waals surface area contributed by atoms with Gasteiger partial charge in [0, 0.05) is 24.7 Å². The quantitative estimate of drug-likeness (QED) is 0.576. The number of rotatable bonds is 9. The Kier molecular flexibility index (Phi) is 6.42. The second-order valence-electron chi connectivity index (χ2n) is 6.55. The van der Waals surface area contributed by atoms with Crippen LogP contribution in [0.25, 0.3) is 10.9 Å². The SMILES string of the molecule is COCCOCn1c(C)c(C)c2c(NCCc3ccc(F)cc3)cncc21. The number of pyridine rings is 1. The Hall–Kier alpha value is -2.44. The number of halogens is 1. The van der Waals surface area contributed by atoms with Gasteiger partial charge in [0.05, 0.1) is 36.8 Å². The predicted molar refractivity (Wildman–Crippen MR) is 106 cm³/mol. The minimum Gasteiger partial charge on any atom is -0.383 e. The van der Waals surface area contributed by atoms with Crippen LogP contribution < -0.4 is 5.32 Å². The Labute approximate surface area is 159 Å². The lowest BCUT2D eigenvalue weighted by Crippen LogP contribution is -2.08. The predicted octanol–water partition coefficient (Wildman–Crippen LogP) is 4.07. The molecule has 0 aliphatic carbocycles. The van der Waals surface area contributed by atoms with Crippen molar-refractivity contribution < 1.29 is 13.9 Å². The molecule has 1 aromatic carbocycles. The first-order chi connectivity index (χ1) is 13.1. The maximum Gasteiger partial charge on any atom is 0.123 e. The van der Waals surface area contributed by atoms with Crippen LogP contribution in [0.15, 0.2) is 36.7 Å². The van der Waals surface area contributed by atoms with Crippen LogP contribution in [-0.4, -0.2) is 36.4 Å². The van der Waals surface area contributed by atoms with Crippen molar-refractivity contribution in [3.8, 4) is 0 Å². The Balaban J connectivity index is 1.74. The molecule has 27 heavy (non-hydrogen) atoms. The van der Waals surface area contributed by atoms with Crippen molar-refractivity contribution in [3.63, 3.8) is 0 Å². The molecule has 0 aliphatic heterocycles. The average molecular weight is 371 g/mol. The number of nitrogens with one attached hydrogen (secondary N) is 1. The van der Waals surface area contributed by atoms with E-state index in [4.69, 9.17) is 9.47 Å². The highest BCUT2D eigenvalue weighted by Crippen LogP contribution is 2.30. The molecular weight excluding hydrogens is 345 g/mol. The normalized spacial score (nSPS) is 11.3. The molecule has 0 saturated carbocycles. The molecular formula is C21H26FN3O2. The number of aryl methyl sites for hydroxylation is 1. The first-order valence-corrected chi connectivity index (χ1v) is 9.10. The van der Waals surface area contributed by atoms with E-state index in [0.717, 1.165) is 40.8 Å². The van der Waals surface area contributed by atoms with Crippen LogP contribution in [0.5, 0.6) is 0 Å². The minimum absolute atomic E-state index is 0.208. The Morgan fingerprint density at radius 2 is 1.89 bits per heavy atom. The summed E-state index contributed by atoms with van der Waals surface area (Å²) in [5.41, 5.74) is 5.53. The fraction of sp³-hybridized carbons (Fsp3) is 0.381. The molecule has 0 atom stereocenters. The van der Waals surface area contributed by atoms with Gasteiger partial charge in [0.1, 0.15) is 12.5 Å². The molecule has 0 radical (unpaired) electrons. The standard InChI is InChI=1S/C21H26FN3O2/c1-15-16(2)25(14-27-11-10-26-3)20-13-23-12-19(21(15)20)24-9-8-17-4-6-18(22)7-5-17/h4-7,12-13,24H,8-11,14H2,1-3H3. The van der Waals surface area contributed by atoms with Crippen molar-refractivity contribution in [1.82, 2.24) is 9.55 Å². The van der Waals surface area contributed by atoms with Crippen LogP contribution in [0.2, 0.25) is 0 Å². The van der Waals surface area contributed by atoms with E-state index in [1.807, 2.05) is 24.5 Å². The molecule has 5 nitrogen and oxygen atoms in total. The van der Waals surface area contributed by atoms with E-state index in [9.17, 15) is 4.39 Å². The van der Waals surface area contributed by atoms with Crippen molar-refractivity contribution >= 4 is 16.6 Å². The summed E-state index contributed by atoms with van der Waals surface area (Å²) in [6.45, 7) is 6.57. The number of nitrogens with zero attached hydrogens (tertiary/aromatic N) is 2. The van der Waals surface area contributed by atoms with Crippen molar-refractivity contribution in [3.05, 3.63) is 59.3 Å². The summed E-state index contributed by atoms with van der Waals surface area (Å²) in [5, 5.41) is 4.64. The highest BCUT2D eigenvalue weighted by molar-refractivity contribution is 5.95. The van der Waals surface area contributed by atoms with Crippen LogP contribution >= 0.6 is 0 Å². The van der Waals surface area contributed by atoms with Gasteiger partial charge >= 0.3 is 0 Å². The lowest BCUT2D eigenvalue weighted by Gasteiger charge is -2.10. The first-order valence-electron chi connectivity index (χ1n) is 9.10. The average Bonchev–Trinajstić information content (AvgIpc) is 2.92. The van der Waals surface area contributed by atoms with Crippen LogP contribution in [0, 0.1) is 19.7 Å². The van der Waals surface area contributed by atoms with E-state index in [2.05, 4.69) is 28.7 Å². The second kappa shape index (κ2) is 8.97. The van der Waals surface area contributed by atoms with E-state index in [1.54, 1.807) is 7.11 Å². The number of hydrogen-bond donors (Lipinski definition) is 1. The summed E-state index contributed by atoms with van der Waals surface area (Å²) in [6.07, 6.45) is 4.55. The monoisotopic (exact) mass is 371 g/mol. The first kappa shape index (κ1) is 19.3. The van der Waals surface area contributed by atoms with E-state index in [1.165, 1.54) is 17.7 Å². The molecule has 6 heteroatoms. The van der Waals surface area contributed by atoms with Gasteiger partial charge in [0.25, 0.3) is 0 Å². The lowest BCUT2D eigenvalue weighted by molar-refractivity contribution is 0.0352. The minimum atomic E-state index is -0.208. The molecule has 0 saturated heterocycles. The molecule has 3 rings (SSSR count). The van der Waals surface area contributed by atoms with E-state index < -0.39 is 0 Å². The number of hydrogen-bond acceptors (Lipinski definition) is 4. The van der Waals surface area contributed by atoms with Gasteiger partial charge in [0.15, 0.2) is 0 Å². The smallest absolute Gasteiger partial charge is 0.123 e. The topological polar surface area (TPSA) is 48.3 Å². The maximum absolute atomic E-state index is 13.0. The van der Waals surface area contributed by atoms with Gasteiger partial charge in [-0.3, -0.25) is 4.98 Å². The summed E-state index contributed by atoms with van der Waals surface area (Å²) in [5.74, 6) is -0.208. The van der Waals surface area contributed by atoms with Gasteiger partial charge in [-0.05, 0) is 43.5 Å². The highest BCUT2D eigenvalue weighted by atomic mass is 19.1. The van der Waals surface area contributed by atoms with Gasteiger partial charge in [-0.25, -0.2) is 4.39 Å². The molecule has 1 N–H and O–H groups in total. The number of fused-ring (bicyclic) bond motifs is 1. The molecule has 2 heterocycles. The molecule has 0 spiro atoms. The van der Waals surface area contributed by atoms with Gasteiger partial charge in [-0.15, -0.1) is 0 Å². The fourth-order valence-electron chi connectivity index (χ4n) is 3.20. The third kappa shape index (κ3) is 4.46. The van der Waals surface area contributed by atoms with Crippen LogP contribution in [-0.2, 0) is 22.6 Å². The molecule has 0 aliphatic rings. The number of benzene rings is 1. The van der Waals surface area contributed by atoms with Gasteiger partial charge in [-0.2, -0.15) is 0 Å². The molecule has 144 valence electrons.